The number of carbonyl (C=O) groups is 1. The van der Waals surface area contributed by atoms with Crippen molar-refractivity contribution < 1.29 is 9.53 Å². The number of benzene rings is 1. The highest BCUT2D eigenvalue weighted by atomic mass is 16.6. The molecule has 0 fully saturated rings. The quantitative estimate of drug-likeness (QED) is 0.811. The Balaban J connectivity index is 2.65. The number of rotatable bonds is 6. The lowest BCUT2D eigenvalue weighted by atomic mass is 10.1. The third-order valence-corrected chi connectivity index (χ3v) is 2.95. The second-order valence-electron chi connectivity index (χ2n) is 5.86. The fourth-order valence-corrected chi connectivity index (χ4v) is 1.99. The Morgan fingerprint density at radius 1 is 1.25 bits per heavy atom. The lowest BCUT2D eigenvalue weighted by Crippen LogP contribution is -2.34. The van der Waals surface area contributed by atoms with E-state index in [1.54, 1.807) is 0 Å². The molecule has 0 aliphatic heterocycles. The first kappa shape index (κ1) is 16.7. The Kier molecular flexibility index (Phi) is 6.17. The molecule has 0 unspecified atom stereocenters. The van der Waals surface area contributed by atoms with Gasteiger partial charge in [0.25, 0.3) is 0 Å². The maximum Gasteiger partial charge on any atom is 0.320 e. The van der Waals surface area contributed by atoms with Crippen molar-refractivity contribution in [1.82, 2.24) is 4.90 Å². The summed E-state index contributed by atoms with van der Waals surface area (Å²) < 4.78 is 5.36. The van der Waals surface area contributed by atoms with Gasteiger partial charge in [-0.2, -0.15) is 0 Å². The van der Waals surface area contributed by atoms with Gasteiger partial charge in [-0.25, -0.2) is 0 Å². The minimum Gasteiger partial charge on any atom is -0.459 e. The molecule has 2 N–H and O–H groups in total. The molecule has 0 radical (unpaired) electrons. The summed E-state index contributed by atoms with van der Waals surface area (Å²) in [4.78, 5) is 13.9. The molecule has 1 aromatic carbocycles. The molecular formula is C16H26N2O2. The monoisotopic (exact) mass is 278 g/mol. The van der Waals surface area contributed by atoms with E-state index in [0.717, 1.165) is 12.1 Å². The second kappa shape index (κ2) is 7.41. The summed E-state index contributed by atoms with van der Waals surface area (Å²) in [5.74, 6) is -0.190. The Morgan fingerprint density at radius 2 is 1.85 bits per heavy atom. The lowest BCUT2D eigenvalue weighted by molar-refractivity contribution is -0.156. The number of ether oxygens (including phenoxy) is 1. The van der Waals surface area contributed by atoms with Crippen LogP contribution >= 0.6 is 0 Å². The van der Waals surface area contributed by atoms with Crippen LogP contribution in [0.5, 0.6) is 0 Å². The van der Waals surface area contributed by atoms with Gasteiger partial charge in [0.2, 0.25) is 0 Å². The van der Waals surface area contributed by atoms with Crippen molar-refractivity contribution in [3.63, 3.8) is 0 Å². The molecule has 0 aromatic heterocycles. The summed E-state index contributed by atoms with van der Waals surface area (Å²) in [6, 6.07) is 8.06. The minimum atomic E-state index is -0.439. The van der Waals surface area contributed by atoms with Crippen molar-refractivity contribution in [1.29, 1.82) is 0 Å². The summed E-state index contributed by atoms with van der Waals surface area (Å²) in [6.07, 6.45) is 0. The van der Waals surface area contributed by atoms with Gasteiger partial charge in [0, 0.05) is 13.1 Å². The van der Waals surface area contributed by atoms with Crippen molar-refractivity contribution in [2.75, 3.05) is 13.1 Å². The van der Waals surface area contributed by atoms with Crippen LogP contribution in [-0.4, -0.2) is 29.6 Å². The Labute approximate surface area is 121 Å². The van der Waals surface area contributed by atoms with E-state index in [0.29, 0.717) is 19.6 Å². The van der Waals surface area contributed by atoms with Crippen molar-refractivity contribution in [2.45, 2.75) is 46.4 Å². The highest BCUT2D eigenvalue weighted by Gasteiger charge is 2.18. The molecule has 0 aliphatic rings. The van der Waals surface area contributed by atoms with Crippen LogP contribution in [0.1, 0.15) is 38.8 Å². The van der Waals surface area contributed by atoms with Gasteiger partial charge in [0.1, 0.15) is 5.60 Å². The van der Waals surface area contributed by atoms with Gasteiger partial charge >= 0.3 is 5.97 Å². The first-order valence-corrected chi connectivity index (χ1v) is 7.06. The molecule has 0 heterocycles. The summed E-state index contributed by atoms with van der Waals surface area (Å²) in [5.41, 5.74) is 7.59. The van der Waals surface area contributed by atoms with Crippen molar-refractivity contribution in [3.05, 3.63) is 35.4 Å². The number of nitrogens with two attached hydrogens (primary N) is 1. The summed E-state index contributed by atoms with van der Waals surface area (Å²) >= 11 is 0. The topological polar surface area (TPSA) is 55.6 Å². The number of esters is 1. The van der Waals surface area contributed by atoms with E-state index in [1.807, 2.05) is 45.9 Å². The molecule has 0 aliphatic carbocycles. The maximum absolute atomic E-state index is 11.9. The molecule has 0 saturated heterocycles. The molecule has 0 amide bonds. The van der Waals surface area contributed by atoms with Crippen molar-refractivity contribution in [2.24, 2.45) is 5.73 Å². The van der Waals surface area contributed by atoms with E-state index in [2.05, 4.69) is 11.0 Å². The lowest BCUT2D eigenvalue weighted by Gasteiger charge is -2.24. The molecule has 0 bridgehead atoms. The van der Waals surface area contributed by atoms with Crippen LogP contribution in [0.25, 0.3) is 0 Å². The van der Waals surface area contributed by atoms with Crippen LogP contribution in [0, 0.1) is 0 Å². The largest absolute Gasteiger partial charge is 0.459 e. The van der Waals surface area contributed by atoms with Gasteiger partial charge in [0.15, 0.2) is 0 Å². The molecule has 0 atom stereocenters. The standard InChI is InChI=1S/C16H26N2O2/c1-5-18(12-15(19)20-16(2,3)4)11-14-9-7-6-8-13(14)10-17/h6-9H,5,10-12,17H2,1-4H3. The molecule has 1 aromatic rings. The first-order valence-electron chi connectivity index (χ1n) is 7.06. The molecule has 0 saturated carbocycles. The molecule has 112 valence electrons. The average Bonchev–Trinajstić information content (AvgIpc) is 2.36. The van der Waals surface area contributed by atoms with Gasteiger partial charge in [-0.1, -0.05) is 31.2 Å². The third kappa shape index (κ3) is 5.72. The van der Waals surface area contributed by atoms with Gasteiger partial charge in [-0.15, -0.1) is 0 Å². The zero-order valence-corrected chi connectivity index (χ0v) is 13.0. The van der Waals surface area contributed by atoms with Crippen LogP contribution in [0.3, 0.4) is 0 Å². The maximum atomic E-state index is 11.9. The molecule has 0 spiro atoms. The molecule has 4 heteroatoms. The fraction of sp³-hybridized carbons (Fsp3) is 0.562. The SMILES string of the molecule is CCN(CC(=O)OC(C)(C)C)Cc1ccccc1CN. The summed E-state index contributed by atoms with van der Waals surface area (Å²) in [6.45, 7) is 9.99. The molecular weight excluding hydrogens is 252 g/mol. The van der Waals surface area contributed by atoms with E-state index in [1.165, 1.54) is 5.56 Å². The smallest absolute Gasteiger partial charge is 0.320 e. The van der Waals surface area contributed by atoms with Crippen LogP contribution in [0.2, 0.25) is 0 Å². The molecule has 20 heavy (non-hydrogen) atoms. The third-order valence-electron chi connectivity index (χ3n) is 2.95. The predicted molar refractivity (Wildman–Crippen MR) is 81.1 cm³/mol. The minimum absolute atomic E-state index is 0.190. The second-order valence-corrected chi connectivity index (χ2v) is 5.86. The summed E-state index contributed by atoms with van der Waals surface area (Å²) in [5, 5.41) is 0. The van der Waals surface area contributed by atoms with Crippen molar-refractivity contribution in [3.8, 4) is 0 Å². The van der Waals surface area contributed by atoms with E-state index >= 15 is 0 Å². The van der Waals surface area contributed by atoms with Crippen LogP contribution < -0.4 is 5.73 Å². The Morgan fingerprint density at radius 3 is 2.35 bits per heavy atom. The zero-order chi connectivity index (χ0) is 15.2. The van der Waals surface area contributed by atoms with E-state index in [4.69, 9.17) is 10.5 Å². The fourth-order valence-electron chi connectivity index (χ4n) is 1.99. The number of likely N-dealkylation sites (N-methyl/N-ethyl adjacent to an activating group) is 1. The van der Waals surface area contributed by atoms with Gasteiger partial charge in [0.05, 0.1) is 6.54 Å². The molecule has 4 nitrogen and oxygen atoms in total. The van der Waals surface area contributed by atoms with Gasteiger partial charge < -0.3 is 10.5 Å². The summed E-state index contributed by atoms with van der Waals surface area (Å²) in [7, 11) is 0. The van der Waals surface area contributed by atoms with Gasteiger partial charge in [-0.3, -0.25) is 9.69 Å². The van der Waals surface area contributed by atoms with E-state index in [9.17, 15) is 4.79 Å². The van der Waals surface area contributed by atoms with Crippen molar-refractivity contribution >= 4 is 5.97 Å². The Hall–Kier alpha value is -1.39. The number of carbonyl (C=O) groups excluding carboxylic acids is 1. The highest BCUT2D eigenvalue weighted by Crippen LogP contribution is 2.12. The van der Waals surface area contributed by atoms with Crippen LogP contribution in [0.15, 0.2) is 24.3 Å². The number of hydrogen-bond donors (Lipinski definition) is 1. The van der Waals surface area contributed by atoms with Crippen LogP contribution in [-0.2, 0) is 22.6 Å². The molecule has 1 rings (SSSR count). The highest BCUT2D eigenvalue weighted by molar-refractivity contribution is 5.72. The zero-order valence-electron chi connectivity index (χ0n) is 13.0. The normalized spacial score (nSPS) is 11.7. The van der Waals surface area contributed by atoms with E-state index in [-0.39, 0.29) is 5.97 Å². The van der Waals surface area contributed by atoms with E-state index < -0.39 is 5.60 Å². The van der Waals surface area contributed by atoms with Crippen LogP contribution in [0.4, 0.5) is 0 Å². The average molecular weight is 278 g/mol. The predicted octanol–water partition coefficient (Wildman–Crippen LogP) is 2.31. The first-order chi connectivity index (χ1) is 9.35. The number of hydrogen-bond acceptors (Lipinski definition) is 4. The Bertz CT molecular complexity index is 438. The van der Waals surface area contributed by atoms with Gasteiger partial charge in [-0.05, 0) is 38.4 Å². The number of nitrogens with zero attached hydrogens (tertiary/aromatic N) is 1.